The molecule has 0 fully saturated rings. The molecule has 15 heavy (non-hydrogen) atoms. The molecule has 6 heteroatoms. The van der Waals surface area contributed by atoms with Crippen LogP contribution in [0.4, 0.5) is 4.79 Å². The number of amides is 1. The van der Waals surface area contributed by atoms with Gasteiger partial charge in [-0.05, 0) is 6.26 Å². The highest BCUT2D eigenvalue weighted by Crippen LogP contribution is 2.22. The summed E-state index contributed by atoms with van der Waals surface area (Å²) in [5.74, 6) is 1.13. The first kappa shape index (κ1) is 14.6. The molecule has 0 aromatic rings. The van der Waals surface area contributed by atoms with Crippen LogP contribution in [0, 0.1) is 5.41 Å². The predicted octanol–water partition coefficient (Wildman–Crippen LogP) is 2.33. The number of hydrogen-bond acceptors (Lipinski definition) is 4. The van der Waals surface area contributed by atoms with E-state index in [1.165, 1.54) is 7.05 Å². The average molecular weight is 253 g/mol. The van der Waals surface area contributed by atoms with Crippen LogP contribution in [0.15, 0.2) is 5.16 Å². The van der Waals surface area contributed by atoms with Gasteiger partial charge in [-0.25, -0.2) is 4.79 Å². The first-order valence-electron chi connectivity index (χ1n) is 4.49. The van der Waals surface area contributed by atoms with Gasteiger partial charge in [0.1, 0.15) is 0 Å². The third-order valence-electron chi connectivity index (χ3n) is 1.84. The molecular formula is C9H17ClN2O2S. The Hall–Kier alpha value is -0.420. The largest absolute Gasteiger partial charge is 0.433 e. The Kier molecular flexibility index (Phi) is 6.76. The fraction of sp³-hybridized carbons (Fsp3) is 0.778. The van der Waals surface area contributed by atoms with Crippen LogP contribution < -0.4 is 5.32 Å². The number of halogens is 1. The first-order chi connectivity index (χ1) is 6.97. The second-order valence-corrected chi connectivity index (χ2v) is 4.75. The van der Waals surface area contributed by atoms with Crippen molar-refractivity contribution in [3.05, 3.63) is 0 Å². The Balaban J connectivity index is 4.57. The molecule has 0 aliphatic rings. The summed E-state index contributed by atoms with van der Waals surface area (Å²) in [7, 11) is 1.48. The topological polar surface area (TPSA) is 50.7 Å². The molecule has 0 radical (unpaired) electrons. The summed E-state index contributed by atoms with van der Waals surface area (Å²) in [4.78, 5) is 15.5. The minimum absolute atomic E-state index is 0.265. The minimum Gasteiger partial charge on any atom is -0.323 e. The van der Waals surface area contributed by atoms with Crippen LogP contribution in [0.5, 0.6) is 0 Å². The van der Waals surface area contributed by atoms with Gasteiger partial charge in [0.2, 0.25) is 0 Å². The van der Waals surface area contributed by atoms with Crippen LogP contribution in [0.3, 0.4) is 0 Å². The lowest BCUT2D eigenvalue weighted by Crippen LogP contribution is -2.29. The molecule has 0 saturated carbocycles. The molecule has 1 N–H and O–H groups in total. The summed E-state index contributed by atoms with van der Waals surface area (Å²) < 4.78 is 0. The number of nitrogens with one attached hydrogen (secondary N) is 1. The zero-order valence-corrected chi connectivity index (χ0v) is 11.0. The monoisotopic (exact) mass is 252 g/mol. The Bertz CT molecular complexity index is 244. The van der Waals surface area contributed by atoms with E-state index in [9.17, 15) is 4.79 Å². The van der Waals surface area contributed by atoms with Crippen molar-refractivity contribution < 1.29 is 9.63 Å². The standard InChI is InChI=1S/C9H17ClN2O2S/c1-9(2,6-10)7(5-15-4)12-14-8(13)11-3/h5-6H2,1-4H3,(H,11,13). The van der Waals surface area contributed by atoms with E-state index < -0.39 is 6.09 Å². The van der Waals surface area contributed by atoms with E-state index >= 15 is 0 Å². The Labute approximate surface area is 99.8 Å². The SMILES string of the molecule is CNC(=O)ON=C(CSC)C(C)(C)CCl. The van der Waals surface area contributed by atoms with Crippen molar-refractivity contribution >= 4 is 35.2 Å². The fourth-order valence-electron chi connectivity index (χ4n) is 0.701. The highest BCUT2D eigenvalue weighted by Gasteiger charge is 2.24. The third-order valence-corrected chi connectivity index (χ3v) is 3.07. The van der Waals surface area contributed by atoms with Crippen molar-refractivity contribution in [2.24, 2.45) is 10.6 Å². The molecule has 0 unspecified atom stereocenters. The maximum absolute atomic E-state index is 10.9. The molecule has 88 valence electrons. The minimum atomic E-state index is -0.570. The van der Waals surface area contributed by atoms with E-state index in [0.29, 0.717) is 11.6 Å². The van der Waals surface area contributed by atoms with Gasteiger partial charge in [-0.3, -0.25) is 4.84 Å². The van der Waals surface area contributed by atoms with Crippen LogP contribution in [-0.4, -0.2) is 36.7 Å². The highest BCUT2D eigenvalue weighted by atomic mass is 35.5. The van der Waals surface area contributed by atoms with Crippen molar-refractivity contribution in [1.29, 1.82) is 0 Å². The van der Waals surface area contributed by atoms with Crippen LogP contribution in [0.1, 0.15) is 13.8 Å². The fourth-order valence-corrected chi connectivity index (χ4v) is 1.57. The second kappa shape index (κ2) is 6.95. The lowest BCUT2D eigenvalue weighted by atomic mass is 9.91. The van der Waals surface area contributed by atoms with Gasteiger partial charge in [-0.2, -0.15) is 11.8 Å². The molecule has 0 aromatic heterocycles. The van der Waals surface area contributed by atoms with Gasteiger partial charge >= 0.3 is 6.09 Å². The van der Waals surface area contributed by atoms with Gasteiger partial charge in [0.25, 0.3) is 0 Å². The van der Waals surface area contributed by atoms with E-state index in [1.807, 2.05) is 20.1 Å². The van der Waals surface area contributed by atoms with Gasteiger partial charge in [-0.1, -0.05) is 19.0 Å². The van der Waals surface area contributed by atoms with Crippen LogP contribution in [-0.2, 0) is 4.84 Å². The third kappa shape index (κ3) is 5.28. The molecule has 0 atom stereocenters. The lowest BCUT2D eigenvalue weighted by molar-refractivity contribution is 0.152. The smallest absolute Gasteiger partial charge is 0.323 e. The molecule has 0 spiro atoms. The predicted molar refractivity (Wildman–Crippen MR) is 65.9 cm³/mol. The number of thioether (sulfide) groups is 1. The lowest BCUT2D eigenvalue weighted by Gasteiger charge is -2.22. The van der Waals surface area contributed by atoms with E-state index in [0.717, 1.165) is 5.71 Å². The van der Waals surface area contributed by atoms with Gasteiger partial charge in [-0.15, -0.1) is 11.6 Å². The quantitative estimate of drug-likeness (QED) is 0.354. The first-order valence-corrected chi connectivity index (χ1v) is 6.41. The van der Waals surface area contributed by atoms with Crippen molar-refractivity contribution in [3.63, 3.8) is 0 Å². The molecule has 1 amide bonds. The van der Waals surface area contributed by atoms with Crippen molar-refractivity contribution in [2.45, 2.75) is 13.8 Å². The summed E-state index contributed by atoms with van der Waals surface area (Å²) in [5, 5.41) is 6.15. The summed E-state index contributed by atoms with van der Waals surface area (Å²) in [6.45, 7) is 3.92. The molecule has 0 aliphatic carbocycles. The van der Waals surface area contributed by atoms with Gasteiger partial charge in [0.05, 0.1) is 5.71 Å². The number of carbonyl (C=O) groups excluding carboxylic acids is 1. The van der Waals surface area contributed by atoms with Crippen LogP contribution in [0.25, 0.3) is 0 Å². The maximum Gasteiger partial charge on any atom is 0.433 e. The van der Waals surface area contributed by atoms with E-state index in [1.54, 1.807) is 11.8 Å². The zero-order valence-electron chi connectivity index (χ0n) is 9.46. The number of oxime groups is 1. The number of carbonyl (C=O) groups is 1. The highest BCUT2D eigenvalue weighted by molar-refractivity contribution is 7.99. The van der Waals surface area contributed by atoms with Crippen molar-refractivity contribution in [2.75, 3.05) is 24.9 Å². The van der Waals surface area contributed by atoms with Gasteiger partial charge < -0.3 is 5.32 Å². The van der Waals surface area contributed by atoms with Gasteiger partial charge in [0, 0.05) is 24.1 Å². The summed E-state index contributed by atoms with van der Waals surface area (Å²) in [6.07, 6.45) is 1.39. The normalized spacial score (nSPS) is 12.5. The summed E-state index contributed by atoms with van der Waals surface area (Å²) >= 11 is 7.44. The van der Waals surface area contributed by atoms with Crippen molar-refractivity contribution in [3.8, 4) is 0 Å². The Morgan fingerprint density at radius 2 is 2.20 bits per heavy atom. The molecular weight excluding hydrogens is 236 g/mol. The second-order valence-electron chi connectivity index (χ2n) is 3.62. The Morgan fingerprint density at radius 1 is 1.60 bits per heavy atom. The number of hydrogen-bond donors (Lipinski definition) is 1. The van der Waals surface area contributed by atoms with E-state index in [4.69, 9.17) is 11.6 Å². The molecule has 0 bridgehead atoms. The molecule has 0 heterocycles. The van der Waals surface area contributed by atoms with Crippen LogP contribution in [0.2, 0.25) is 0 Å². The van der Waals surface area contributed by atoms with E-state index in [-0.39, 0.29) is 5.41 Å². The van der Waals surface area contributed by atoms with Gasteiger partial charge in [0.15, 0.2) is 0 Å². The Morgan fingerprint density at radius 3 is 2.60 bits per heavy atom. The number of rotatable bonds is 5. The van der Waals surface area contributed by atoms with Crippen LogP contribution >= 0.6 is 23.4 Å². The zero-order chi connectivity index (χ0) is 11.9. The summed E-state index contributed by atoms with van der Waals surface area (Å²) in [5.41, 5.74) is 0.507. The number of nitrogens with zero attached hydrogens (tertiary/aromatic N) is 1. The average Bonchev–Trinajstić information content (AvgIpc) is 2.23. The molecule has 4 nitrogen and oxygen atoms in total. The summed E-state index contributed by atoms with van der Waals surface area (Å²) in [6, 6.07) is 0. The van der Waals surface area contributed by atoms with Crippen molar-refractivity contribution in [1.82, 2.24) is 5.32 Å². The molecule has 0 saturated heterocycles. The molecule has 0 aromatic carbocycles. The number of alkyl halides is 1. The molecule has 0 aliphatic heterocycles. The molecule has 0 rings (SSSR count). The van der Waals surface area contributed by atoms with E-state index in [2.05, 4.69) is 15.3 Å². The maximum atomic E-state index is 10.9.